The lowest BCUT2D eigenvalue weighted by Crippen LogP contribution is -2.47. The first-order valence-electron chi connectivity index (χ1n) is 17.9. The van der Waals surface area contributed by atoms with Crippen molar-refractivity contribution in [2.24, 2.45) is 23.7 Å². The van der Waals surface area contributed by atoms with E-state index < -0.39 is 47.6 Å². The zero-order valence-corrected chi connectivity index (χ0v) is 32.0. The van der Waals surface area contributed by atoms with Gasteiger partial charge < -0.3 is 20.1 Å². The number of carboxylic acids is 1. The van der Waals surface area contributed by atoms with Crippen LogP contribution in [0.15, 0.2) is 29.6 Å². The Bertz CT molecular complexity index is 1500. The maximum atomic E-state index is 14.2. The van der Waals surface area contributed by atoms with Gasteiger partial charge in [0.25, 0.3) is 5.91 Å². The molecular weight excluding hydrogens is 676 g/mol. The van der Waals surface area contributed by atoms with Gasteiger partial charge in [0.2, 0.25) is 5.91 Å². The monoisotopic (exact) mass is 730 g/mol. The van der Waals surface area contributed by atoms with E-state index in [1.807, 2.05) is 34.7 Å². The number of nitrogens with zero attached hydrogens (tertiary/aromatic N) is 3. The van der Waals surface area contributed by atoms with Crippen molar-refractivity contribution in [3.05, 3.63) is 51.7 Å². The number of hydrogen-bond acceptors (Lipinski definition) is 9. The number of carboxylic acid groups (broad SMARTS) is 1. The van der Waals surface area contributed by atoms with Crippen LogP contribution in [0.1, 0.15) is 107 Å². The summed E-state index contributed by atoms with van der Waals surface area (Å²) in [5, 5.41) is 14.3. The molecular formula is C38H55FN4O7S. The molecule has 1 aliphatic heterocycles. The number of nitrogens with one attached hydrogen (secondary N) is 1. The van der Waals surface area contributed by atoms with E-state index >= 15 is 0 Å². The molecule has 1 aliphatic rings. The predicted molar refractivity (Wildman–Crippen MR) is 194 cm³/mol. The van der Waals surface area contributed by atoms with E-state index in [0.29, 0.717) is 5.01 Å². The van der Waals surface area contributed by atoms with Gasteiger partial charge in [0.15, 0.2) is 11.9 Å². The number of rotatable bonds is 19. The SMILES string of the molecule is CCC(C)[C@H](CC(=O)C1CCCN1C)C(=O)N(C)C(C[C@@H](OC(C)=O)c1nc(C(=O)N[C@@H](Cc2ccc(F)cc2)C[C@H](C)C(=O)O)cs1)C(C)C. The minimum Gasteiger partial charge on any atom is -0.481 e. The highest BCUT2D eigenvalue weighted by atomic mass is 32.1. The van der Waals surface area contributed by atoms with Gasteiger partial charge in [-0.3, -0.25) is 28.9 Å². The van der Waals surface area contributed by atoms with Crippen molar-refractivity contribution in [1.29, 1.82) is 0 Å². The predicted octanol–water partition coefficient (Wildman–Crippen LogP) is 5.93. The van der Waals surface area contributed by atoms with E-state index in [0.717, 1.165) is 42.7 Å². The lowest BCUT2D eigenvalue weighted by Gasteiger charge is -2.37. The normalized spacial score (nSPS) is 18.4. The Balaban J connectivity index is 1.81. The molecule has 3 unspecified atom stereocenters. The number of halogens is 1. The molecule has 1 fully saturated rings. The number of aromatic nitrogens is 1. The van der Waals surface area contributed by atoms with Crippen LogP contribution in [-0.2, 0) is 30.3 Å². The molecule has 3 rings (SSSR count). The molecule has 1 aromatic carbocycles. The van der Waals surface area contributed by atoms with Crippen molar-refractivity contribution in [3.8, 4) is 0 Å². The Kier molecular flexibility index (Phi) is 15.7. The van der Waals surface area contributed by atoms with Crippen LogP contribution in [0.4, 0.5) is 4.39 Å². The molecule has 2 aromatic rings. The molecule has 0 spiro atoms. The van der Waals surface area contributed by atoms with Gasteiger partial charge in [-0.05, 0) is 68.8 Å². The number of likely N-dealkylation sites (tertiary alicyclic amines) is 1. The highest BCUT2D eigenvalue weighted by molar-refractivity contribution is 7.09. The summed E-state index contributed by atoms with van der Waals surface area (Å²) in [6.45, 7) is 11.7. The second kappa shape index (κ2) is 19.2. The number of amides is 2. The Morgan fingerprint density at radius 3 is 2.33 bits per heavy atom. The molecule has 0 aliphatic carbocycles. The second-order valence-corrected chi connectivity index (χ2v) is 15.3. The number of carbonyl (C=O) groups is 5. The van der Waals surface area contributed by atoms with Crippen LogP contribution < -0.4 is 5.32 Å². The molecule has 7 atom stereocenters. The molecule has 2 amide bonds. The zero-order chi connectivity index (χ0) is 38.0. The van der Waals surface area contributed by atoms with Gasteiger partial charge >= 0.3 is 11.9 Å². The Hall–Kier alpha value is -3.71. The number of Topliss-reactive ketones (excluding diaryl/α,β-unsaturated/α-hetero) is 1. The third kappa shape index (κ3) is 11.9. The first-order valence-corrected chi connectivity index (χ1v) is 18.8. The largest absolute Gasteiger partial charge is 0.481 e. The number of benzene rings is 1. The van der Waals surface area contributed by atoms with E-state index in [-0.39, 0.29) is 67.0 Å². The minimum absolute atomic E-state index is 0.0157. The fourth-order valence-electron chi connectivity index (χ4n) is 6.83. The average molecular weight is 731 g/mol. The van der Waals surface area contributed by atoms with E-state index in [1.165, 1.54) is 19.1 Å². The molecule has 0 radical (unpaired) electrons. The lowest BCUT2D eigenvalue weighted by molar-refractivity contribution is -0.149. The van der Waals surface area contributed by atoms with Gasteiger partial charge in [-0.15, -0.1) is 11.3 Å². The fraction of sp³-hybridized carbons (Fsp3) is 0.632. The van der Waals surface area contributed by atoms with Crippen molar-refractivity contribution >= 4 is 40.9 Å². The third-order valence-corrected chi connectivity index (χ3v) is 11.1. The van der Waals surface area contributed by atoms with Gasteiger partial charge in [-0.2, -0.15) is 0 Å². The highest BCUT2D eigenvalue weighted by Crippen LogP contribution is 2.33. The summed E-state index contributed by atoms with van der Waals surface area (Å²) in [6, 6.07) is 4.68. The Labute approximate surface area is 305 Å². The molecule has 2 N–H and O–H groups in total. The summed E-state index contributed by atoms with van der Waals surface area (Å²) in [6.07, 6.45) is 2.47. The van der Waals surface area contributed by atoms with Crippen LogP contribution in [0, 0.1) is 29.5 Å². The molecule has 282 valence electrons. The number of aliphatic carboxylic acids is 1. The second-order valence-electron chi connectivity index (χ2n) is 14.4. The Morgan fingerprint density at radius 2 is 1.78 bits per heavy atom. The molecule has 0 bridgehead atoms. The van der Waals surface area contributed by atoms with Crippen molar-refractivity contribution in [3.63, 3.8) is 0 Å². The molecule has 13 heteroatoms. The number of hydrogen-bond donors (Lipinski definition) is 2. The quantitative estimate of drug-likeness (QED) is 0.168. The van der Waals surface area contributed by atoms with Crippen LogP contribution in [0.2, 0.25) is 0 Å². The van der Waals surface area contributed by atoms with Crippen LogP contribution in [0.5, 0.6) is 0 Å². The fourth-order valence-corrected chi connectivity index (χ4v) is 7.67. The zero-order valence-electron chi connectivity index (χ0n) is 31.2. The van der Waals surface area contributed by atoms with Gasteiger partial charge in [-0.1, -0.05) is 53.2 Å². The number of likely N-dealkylation sites (N-methyl/N-ethyl adjacent to an activating group) is 1. The summed E-state index contributed by atoms with van der Waals surface area (Å²) in [5.74, 6) is -3.79. The number of ketones is 1. The molecule has 11 nitrogen and oxygen atoms in total. The van der Waals surface area contributed by atoms with Crippen molar-refractivity contribution < 1.29 is 38.2 Å². The van der Waals surface area contributed by atoms with E-state index in [1.54, 1.807) is 36.4 Å². The van der Waals surface area contributed by atoms with Crippen molar-refractivity contribution in [2.45, 2.75) is 111 Å². The average Bonchev–Trinajstić information content (AvgIpc) is 3.75. The highest BCUT2D eigenvalue weighted by Gasteiger charge is 2.38. The number of carbonyl (C=O) groups excluding carboxylic acids is 4. The minimum atomic E-state index is -1.000. The lowest BCUT2D eigenvalue weighted by atomic mass is 9.83. The van der Waals surface area contributed by atoms with Crippen LogP contribution in [0.3, 0.4) is 0 Å². The molecule has 51 heavy (non-hydrogen) atoms. The van der Waals surface area contributed by atoms with Crippen LogP contribution in [-0.4, -0.2) is 88.2 Å². The summed E-state index contributed by atoms with van der Waals surface area (Å²) in [7, 11) is 3.69. The third-order valence-electron chi connectivity index (χ3n) is 10.2. The van der Waals surface area contributed by atoms with Gasteiger partial charge in [-0.25, -0.2) is 9.37 Å². The molecule has 1 saturated heterocycles. The standard InChI is InChI=1S/C38H55FN4O7S/c1-9-23(4)29(19-33(45)31-11-10-16-42(31)7)37(47)43(8)32(22(2)3)20-34(50-25(6)44)36-41-30(21-51-36)35(46)40-28(17-24(5)38(48)49)18-26-12-14-27(39)15-13-26/h12-15,21-24,28-29,31-32,34H,9-11,16-20H2,1-8H3,(H,40,46)(H,48,49)/t23?,24-,28+,29-,31?,32?,34+/m0/s1. The molecule has 2 heterocycles. The van der Waals surface area contributed by atoms with E-state index in [9.17, 15) is 33.5 Å². The van der Waals surface area contributed by atoms with Gasteiger partial charge in [0.1, 0.15) is 16.5 Å². The number of ether oxygens (including phenoxy) is 1. The Morgan fingerprint density at radius 1 is 1.12 bits per heavy atom. The number of thiazole rings is 1. The first-order chi connectivity index (χ1) is 24.0. The molecule has 0 saturated carbocycles. The first kappa shape index (κ1) is 41.7. The van der Waals surface area contributed by atoms with E-state index in [2.05, 4.69) is 15.2 Å². The summed E-state index contributed by atoms with van der Waals surface area (Å²) in [4.78, 5) is 73.2. The summed E-state index contributed by atoms with van der Waals surface area (Å²) in [5.41, 5.74) is 0.814. The van der Waals surface area contributed by atoms with Crippen molar-refractivity contribution in [1.82, 2.24) is 20.1 Å². The van der Waals surface area contributed by atoms with Crippen LogP contribution in [0.25, 0.3) is 0 Å². The summed E-state index contributed by atoms with van der Waals surface area (Å²) < 4.78 is 19.2. The summed E-state index contributed by atoms with van der Waals surface area (Å²) >= 11 is 1.15. The van der Waals surface area contributed by atoms with Gasteiger partial charge in [0.05, 0.1) is 12.0 Å². The smallest absolute Gasteiger partial charge is 0.306 e. The van der Waals surface area contributed by atoms with E-state index in [4.69, 9.17) is 4.74 Å². The molecule has 1 aromatic heterocycles. The topological polar surface area (TPSA) is 146 Å². The maximum Gasteiger partial charge on any atom is 0.306 e. The van der Waals surface area contributed by atoms with Gasteiger partial charge in [0, 0.05) is 50.2 Å². The van der Waals surface area contributed by atoms with Crippen LogP contribution >= 0.6 is 11.3 Å². The maximum absolute atomic E-state index is 14.2. The van der Waals surface area contributed by atoms with Crippen molar-refractivity contribution in [2.75, 3.05) is 20.6 Å². The number of esters is 1.